The van der Waals surface area contributed by atoms with E-state index in [1.54, 1.807) is 6.33 Å². The van der Waals surface area contributed by atoms with Crippen LogP contribution >= 0.6 is 0 Å². The summed E-state index contributed by atoms with van der Waals surface area (Å²) in [6, 6.07) is 0.265. The Balaban J connectivity index is 2.14. The summed E-state index contributed by atoms with van der Waals surface area (Å²) in [4.78, 5) is 4.28. The highest BCUT2D eigenvalue weighted by atomic mass is 16.5. The molecule has 0 bridgehead atoms. The van der Waals surface area contributed by atoms with Gasteiger partial charge in [-0.15, -0.1) is 0 Å². The van der Waals surface area contributed by atoms with E-state index in [0.717, 1.165) is 5.82 Å². The van der Waals surface area contributed by atoms with Crippen molar-refractivity contribution in [3.8, 4) is 0 Å². The van der Waals surface area contributed by atoms with Gasteiger partial charge in [0.15, 0.2) is 0 Å². The summed E-state index contributed by atoms with van der Waals surface area (Å²) in [5.41, 5.74) is -0.725. The summed E-state index contributed by atoms with van der Waals surface area (Å²) in [7, 11) is 0. The van der Waals surface area contributed by atoms with Crippen LogP contribution in [0.3, 0.4) is 0 Å². The molecule has 1 aromatic heterocycles. The van der Waals surface area contributed by atoms with Gasteiger partial charge in [-0.3, -0.25) is 0 Å². The molecule has 2 heterocycles. The zero-order valence-corrected chi connectivity index (χ0v) is 11.6. The molecule has 1 fully saturated rings. The number of aliphatic hydroxyl groups is 1. The van der Waals surface area contributed by atoms with E-state index in [1.165, 1.54) is 0 Å². The molecule has 1 aliphatic heterocycles. The Hall–Kier alpha value is -0.940. The van der Waals surface area contributed by atoms with Crippen molar-refractivity contribution in [3.63, 3.8) is 0 Å². The van der Waals surface area contributed by atoms with Crippen molar-refractivity contribution >= 4 is 0 Å². The largest absolute Gasteiger partial charge is 0.389 e. The second kappa shape index (κ2) is 4.97. The molecule has 0 radical (unpaired) electrons. The van der Waals surface area contributed by atoms with Gasteiger partial charge < -0.3 is 9.84 Å². The third-order valence-electron chi connectivity index (χ3n) is 3.42. The first-order valence-corrected chi connectivity index (χ1v) is 6.66. The molecule has 102 valence electrons. The highest BCUT2D eigenvalue weighted by molar-refractivity contribution is 4.99. The average Bonchev–Trinajstić information content (AvgIpc) is 2.62. The molecular formula is C13H23N3O2. The summed E-state index contributed by atoms with van der Waals surface area (Å²) in [5.74, 6) is 0.855. The molecule has 0 spiro atoms. The molecule has 0 aromatic carbocycles. The Morgan fingerprint density at radius 1 is 1.44 bits per heavy atom. The van der Waals surface area contributed by atoms with E-state index in [4.69, 9.17) is 4.74 Å². The molecule has 2 rings (SSSR count). The molecule has 1 saturated heterocycles. The minimum atomic E-state index is -0.725. The van der Waals surface area contributed by atoms with Crippen molar-refractivity contribution in [1.82, 2.24) is 14.8 Å². The monoisotopic (exact) mass is 253 g/mol. The fourth-order valence-electron chi connectivity index (χ4n) is 2.92. The molecule has 0 amide bonds. The first kappa shape index (κ1) is 13.5. The third kappa shape index (κ3) is 2.90. The molecule has 1 aromatic rings. The summed E-state index contributed by atoms with van der Waals surface area (Å²) in [5, 5.41) is 14.9. The van der Waals surface area contributed by atoms with Crippen molar-refractivity contribution in [2.45, 2.75) is 70.8 Å². The third-order valence-corrected chi connectivity index (χ3v) is 3.42. The first-order chi connectivity index (χ1) is 8.39. The van der Waals surface area contributed by atoms with Gasteiger partial charge >= 0.3 is 0 Å². The van der Waals surface area contributed by atoms with Crippen LogP contribution in [0, 0.1) is 0 Å². The summed E-state index contributed by atoms with van der Waals surface area (Å²) < 4.78 is 7.55. The standard InChI is InChI=1S/C13H23N3O2/c1-9(2)16-12(14-8-15-16)7-13(17)5-10(3)18-11(4)6-13/h8-11,17H,5-7H2,1-4H3. The number of nitrogens with zero attached hydrogens (tertiary/aromatic N) is 3. The van der Waals surface area contributed by atoms with Crippen LogP contribution in [-0.2, 0) is 11.2 Å². The molecule has 5 nitrogen and oxygen atoms in total. The Labute approximate surface area is 108 Å². The van der Waals surface area contributed by atoms with E-state index < -0.39 is 5.60 Å². The van der Waals surface area contributed by atoms with Gasteiger partial charge in [-0.1, -0.05) is 0 Å². The van der Waals surface area contributed by atoms with Crippen LogP contribution in [0.15, 0.2) is 6.33 Å². The van der Waals surface area contributed by atoms with E-state index in [2.05, 4.69) is 23.9 Å². The van der Waals surface area contributed by atoms with Crippen molar-refractivity contribution < 1.29 is 9.84 Å². The smallest absolute Gasteiger partial charge is 0.138 e. The summed E-state index contributed by atoms with van der Waals surface area (Å²) in [6.07, 6.45) is 3.60. The molecular weight excluding hydrogens is 230 g/mol. The predicted molar refractivity (Wildman–Crippen MR) is 68.3 cm³/mol. The van der Waals surface area contributed by atoms with Gasteiger partial charge in [0.05, 0.1) is 17.8 Å². The molecule has 0 saturated carbocycles. The van der Waals surface area contributed by atoms with Gasteiger partial charge in [-0.25, -0.2) is 9.67 Å². The lowest BCUT2D eigenvalue weighted by Gasteiger charge is -2.39. The molecule has 5 heteroatoms. The average molecular weight is 253 g/mol. The van der Waals surface area contributed by atoms with Crippen LogP contribution in [0.4, 0.5) is 0 Å². The molecule has 2 atom stereocenters. The molecule has 1 N–H and O–H groups in total. The Kier molecular flexibility index (Phi) is 3.73. The van der Waals surface area contributed by atoms with Crippen LogP contribution in [-0.4, -0.2) is 37.7 Å². The first-order valence-electron chi connectivity index (χ1n) is 6.66. The molecule has 0 aliphatic carbocycles. The Bertz CT molecular complexity index is 393. The van der Waals surface area contributed by atoms with Crippen LogP contribution < -0.4 is 0 Å². The normalized spacial score (nSPS) is 33.0. The van der Waals surface area contributed by atoms with E-state index >= 15 is 0 Å². The van der Waals surface area contributed by atoms with Crippen molar-refractivity contribution in [2.75, 3.05) is 0 Å². The lowest BCUT2D eigenvalue weighted by molar-refractivity contribution is -0.131. The zero-order chi connectivity index (χ0) is 13.3. The Morgan fingerprint density at radius 3 is 2.61 bits per heavy atom. The minimum absolute atomic E-state index is 0.0918. The molecule has 18 heavy (non-hydrogen) atoms. The van der Waals surface area contributed by atoms with Gasteiger partial charge in [0.2, 0.25) is 0 Å². The quantitative estimate of drug-likeness (QED) is 0.891. The van der Waals surface area contributed by atoms with E-state index in [0.29, 0.717) is 19.3 Å². The number of hydrogen-bond acceptors (Lipinski definition) is 4. The lowest BCUT2D eigenvalue weighted by atomic mass is 9.84. The number of hydrogen-bond donors (Lipinski definition) is 1. The number of rotatable bonds is 3. The maximum absolute atomic E-state index is 10.7. The van der Waals surface area contributed by atoms with Gasteiger partial charge in [-0.2, -0.15) is 5.10 Å². The van der Waals surface area contributed by atoms with Gasteiger partial charge in [0.1, 0.15) is 12.2 Å². The SMILES string of the molecule is CC1CC(O)(Cc2ncnn2C(C)C)CC(C)O1. The fraction of sp³-hybridized carbons (Fsp3) is 0.846. The van der Waals surface area contributed by atoms with Crippen LogP contribution in [0.1, 0.15) is 52.4 Å². The highest BCUT2D eigenvalue weighted by Gasteiger charge is 2.38. The zero-order valence-electron chi connectivity index (χ0n) is 11.6. The number of ether oxygens (including phenoxy) is 1. The molecule has 1 aliphatic rings. The van der Waals surface area contributed by atoms with E-state index in [-0.39, 0.29) is 18.2 Å². The minimum Gasteiger partial charge on any atom is -0.389 e. The second-order valence-electron chi connectivity index (χ2n) is 5.78. The van der Waals surface area contributed by atoms with Gasteiger partial charge in [0.25, 0.3) is 0 Å². The Morgan fingerprint density at radius 2 is 2.06 bits per heavy atom. The maximum atomic E-state index is 10.7. The molecule has 2 unspecified atom stereocenters. The maximum Gasteiger partial charge on any atom is 0.138 e. The van der Waals surface area contributed by atoms with Crippen LogP contribution in [0.25, 0.3) is 0 Å². The number of aromatic nitrogens is 3. The lowest BCUT2D eigenvalue weighted by Crippen LogP contribution is -2.45. The summed E-state index contributed by atoms with van der Waals surface area (Å²) in [6.45, 7) is 8.15. The predicted octanol–water partition coefficient (Wildman–Crippen LogP) is 1.72. The van der Waals surface area contributed by atoms with E-state index in [9.17, 15) is 5.11 Å². The van der Waals surface area contributed by atoms with Gasteiger partial charge in [0, 0.05) is 25.3 Å². The van der Waals surface area contributed by atoms with Crippen LogP contribution in [0.2, 0.25) is 0 Å². The second-order valence-corrected chi connectivity index (χ2v) is 5.78. The van der Waals surface area contributed by atoms with Crippen molar-refractivity contribution in [3.05, 3.63) is 12.2 Å². The van der Waals surface area contributed by atoms with Crippen LogP contribution in [0.5, 0.6) is 0 Å². The van der Waals surface area contributed by atoms with E-state index in [1.807, 2.05) is 18.5 Å². The van der Waals surface area contributed by atoms with Crippen molar-refractivity contribution in [2.24, 2.45) is 0 Å². The van der Waals surface area contributed by atoms with Crippen molar-refractivity contribution in [1.29, 1.82) is 0 Å². The van der Waals surface area contributed by atoms with Gasteiger partial charge in [-0.05, 0) is 27.7 Å². The highest BCUT2D eigenvalue weighted by Crippen LogP contribution is 2.31. The fourth-order valence-corrected chi connectivity index (χ4v) is 2.92. The topological polar surface area (TPSA) is 60.2 Å². The summed E-state index contributed by atoms with van der Waals surface area (Å²) >= 11 is 0.